The van der Waals surface area contributed by atoms with Gasteiger partial charge in [-0.05, 0) is 17.9 Å². The van der Waals surface area contributed by atoms with Gasteiger partial charge in [-0.15, -0.1) is 0 Å². The molecule has 1 aliphatic carbocycles. The minimum Gasteiger partial charge on any atom is -0.349 e. The summed E-state index contributed by atoms with van der Waals surface area (Å²) in [5.74, 6) is 0.674. The van der Waals surface area contributed by atoms with Crippen molar-refractivity contribution < 1.29 is 9.59 Å². The summed E-state index contributed by atoms with van der Waals surface area (Å²) in [6.07, 6.45) is 1.25. The maximum atomic E-state index is 12.1. The molecule has 0 saturated heterocycles. The predicted molar refractivity (Wildman–Crippen MR) is 77.9 cm³/mol. The molecular formula is C16H22N2O2. The van der Waals surface area contributed by atoms with Gasteiger partial charge in [0.2, 0.25) is 11.8 Å². The molecule has 0 aromatic heterocycles. The lowest BCUT2D eigenvalue weighted by atomic mass is 10.0. The Morgan fingerprint density at radius 3 is 2.40 bits per heavy atom. The van der Waals surface area contributed by atoms with E-state index in [4.69, 9.17) is 0 Å². The number of benzene rings is 1. The van der Waals surface area contributed by atoms with Gasteiger partial charge >= 0.3 is 0 Å². The molecule has 1 aromatic rings. The van der Waals surface area contributed by atoms with E-state index in [1.54, 1.807) is 19.0 Å². The molecule has 4 nitrogen and oxygen atoms in total. The zero-order valence-electron chi connectivity index (χ0n) is 12.3. The van der Waals surface area contributed by atoms with Gasteiger partial charge in [0, 0.05) is 20.0 Å². The molecule has 2 rings (SSSR count). The number of nitrogens with zero attached hydrogens (tertiary/aromatic N) is 1. The maximum absolute atomic E-state index is 12.1. The van der Waals surface area contributed by atoms with Crippen LogP contribution in [0.2, 0.25) is 0 Å². The minimum atomic E-state index is -0.244. The van der Waals surface area contributed by atoms with Crippen LogP contribution in [0.4, 0.5) is 0 Å². The summed E-state index contributed by atoms with van der Waals surface area (Å²) in [7, 11) is 3.46. The van der Waals surface area contributed by atoms with Crippen LogP contribution in [-0.2, 0) is 9.59 Å². The summed E-state index contributed by atoms with van der Waals surface area (Å²) >= 11 is 0. The van der Waals surface area contributed by atoms with Crippen molar-refractivity contribution in [2.24, 2.45) is 11.8 Å². The van der Waals surface area contributed by atoms with Gasteiger partial charge in [0.05, 0.1) is 12.5 Å². The molecule has 0 aliphatic heterocycles. The molecule has 108 valence electrons. The molecule has 1 N–H and O–H groups in total. The molecule has 2 amide bonds. The highest BCUT2D eigenvalue weighted by Crippen LogP contribution is 2.38. The lowest BCUT2D eigenvalue weighted by Crippen LogP contribution is -2.34. The SMILES string of the molecule is C[C@@H]1C[C@@H]1C(=O)N[C@@H](CC(=O)N(C)C)c1ccccc1. The standard InChI is InChI=1S/C16H22N2O2/c1-11-9-13(11)16(20)17-14(10-15(19)18(2)3)12-7-5-4-6-8-12/h4-8,11,13-14H,9-10H2,1-3H3,(H,17,20)/t11-,13+,14+/m1/s1. The molecule has 1 fully saturated rings. The lowest BCUT2D eigenvalue weighted by Gasteiger charge is -2.21. The van der Waals surface area contributed by atoms with Crippen molar-refractivity contribution in [1.29, 1.82) is 0 Å². The van der Waals surface area contributed by atoms with Crippen LogP contribution in [0.5, 0.6) is 0 Å². The fraction of sp³-hybridized carbons (Fsp3) is 0.500. The summed E-state index contributed by atoms with van der Waals surface area (Å²) in [5, 5.41) is 3.03. The molecule has 3 atom stereocenters. The second-order valence-corrected chi connectivity index (χ2v) is 5.78. The molecular weight excluding hydrogens is 252 g/mol. The predicted octanol–water partition coefficient (Wildman–Crippen LogP) is 1.98. The summed E-state index contributed by atoms with van der Waals surface area (Å²) in [6, 6.07) is 9.43. The van der Waals surface area contributed by atoms with Crippen LogP contribution in [0.25, 0.3) is 0 Å². The van der Waals surface area contributed by atoms with E-state index in [9.17, 15) is 9.59 Å². The molecule has 4 heteroatoms. The maximum Gasteiger partial charge on any atom is 0.224 e. The topological polar surface area (TPSA) is 49.4 Å². The van der Waals surface area contributed by atoms with Gasteiger partial charge in [-0.3, -0.25) is 9.59 Å². The van der Waals surface area contributed by atoms with E-state index in [-0.39, 0.29) is 23.8 Å². The van der Waals surface area contributed by atoms with Crippen molar-refractivity contribution in [2.75, 3.05) is 14.1 Å². The number of hydrogen-bond acceptors (Lipinski definition) is 2. The van der Waals surface area contributed by atoms with E-state index in [0.29, 0.717) is 12.3 Å². The van der Waals surface area contributed by atoms with E-state index >= 15 is 0 Å². The van der Waals surface area contributed by atoms with E-state index in [0.717, 1.165) is 12.0 Å². The highest BCUT2D eigenvalue weighted by Gasteiger charge is 2.40. The molecule has 0 unspecified atom stereocenters. The number of carbonyl (C=O) groups excluding carboxylic acids is 2. The second kappa shape index (κ2) is 6.07. The van der Waals surface area contributed by atoms with Gasteiger partial charge in [0.15, 0.2) is 0 Å². The number of hydrogen-bond donors (Lipinski definition) is 1. The van der Waals surface area contributed by atoms with Crippen LogP contribution >= 0.6 is 0 Å². The fourth-order valence-corrected chi connectivity index (χ4v) is 2.26. The molecule has 0 heterocycles. The van der Waals surface area contributed by atoms with Crippen LogP contribution in [0.15, 0.2) is 30.3 Å². The number of nitrogens with one attached hydrogen (secondary N) is 1. The van der Waals surface area contributed by atoms with Crippen molar-refractivity contribution >= 4 is 11.8 Å². The van der Waals surface area contributed by atoms with Crippen molar-refractivity contribution in [2.45, 2.75) is 25.8 Å². The third-order valence-corrected chi connectivity index (χ3v) is 3.84. The van der Waals surface area contributed by atoms with E-state index in [1.807, 2.05) is 30.3 Å². The zero-order chi connectivity index (χ0) is 14.7. The van der Waals surface area contributed by atoms with Gasteiger partial charge in [0.1, 0.15) is 0 Å². The molecule has 0 radical (unpaired) electrons. The summed E-state index contributed by atoms with van der Waals surface area (Å²) in [5.41, 5.74) is 0.976. The molecule has 1 aliphatic rings. The quantitative estimate of drug-likeness (QED) is 0.892. The van der Waals surface area contributed by atoms with E-state index in [2.05, 4.69) is 12.2 Å². The van der Waals surface area contributed by atoms with Crippen molar-refractivity contribution in [1.82, 2.24) is 10.2 Å². The highest BCUT2D eigenvalue weighted by molar-refractivity contribution is 5.83. The molecule has 1 aromatic carbocycles. The molecule has 0 spiro atoms. The number of rotatable bonds is 5. The van der Waals surface area contributed by atoms with Crippen molar-refractivity contribution in [3.8, 4) is 0 Å². The Morgan fingerprint density at radius 2 is 1.90 bits per heavy atom. The average Bonchev–Trinajstić information content (AvgIpc) is 3.16. The van der Waals surface area contributed by atoms with Crippen LogP contribution < -0.4 is 5.32 Å². The first kappa shape index (κ1) is 14.6. The first-order chi connectivity index (χ1) is 9.49. The van der Waals surface area contributed by atoms with Gasteiger partial charge in [-0.1, -0.05) is 37.3 Å². The highest BCUT2D eigenvalue weighted by atomic mass is 16.2. The molecule has 20 heavy (non-hydrogen) atoms. The lowest BCUT2D eigenvalue weighted by molar-refractivity contribution is -0.129. The normalized spacial score (nSPS) is 21.9. The first-order valence-electron chi connectivity index (χ1n) is 7.04. The van der Waals surface area contributed by atoms with Gasteiger partial charge in [-0.25, -0.2) is 0 Å². The number of amides is 2. The minimum absolute atomic E-state index is 0.0167. The van der Waals surface area contributed by atoms with Crippen LogP contribution in [0, 0.1) is 11.8 Å². The van der Waals surface area contributed by atoms with Gasteiger partial charge in [0.25, 0.3) is 0 Å². The van der Waals surface area contributed by atoms with Crippen LogP contribution in [-0.4, -0.2) is 30.8 Å². The molecule has 0 bridgehead atoms. The Kier molecular flexibility index (Phi) is 4.42. The summed E-state index contributed by atoms with van der Waals surface area (Å²) in [6.45, 7) is 2.08. The average molecular weight is 274 g/mol. The van der Waals surface area contributed by atoms with E-state index < -0.39 is 0 Å². The summed E-state index contributed by atoms with van der Waals surface area (Å²) in [4.78, 5) is 25.6. The Hall–Kier alpha value is -1.84. The third kappa shape index (κ3) is 3.59. The van der Waals surface area contributed by atoms with Crippen molar-refractivity contribution in [3.05, 3.63) is 35.9 Å². The number of carbonyl (C=O) groups is 2. The molecule has 1 saturated carbocycles. The smallest absolute Gasteiger partial charge is 0.224 e. The Labute approximate surface area is 120 Å². The zero-order valence-corrected chi connectivity index (χ0v) is 12.3. The first-order valence-corrected chi connectivity index (χ1v) is 7.04. The Morgan fingerprint density at radius 1 is 1.30 bits per heavy atom. The Bertz CT molecular complexity index is 485. The third-order valence-electron chi connectivity index (χ3n) is 3.84. The van der Waals surface area contributed by atoms with Crippen molar-refractivity contribution in [3.63, 3.8) is 0 Å². The monoisotopic (exact) mass is 274 g/mol. The van der Waals surface area contributed by atoms with Gasteiger partial charge < -0.3 is 10.2 Å². The summed E-state index contributed by atoms with van der Waals surface area (Å²) < 4.78 is 0. The van der Waals surface area contributed by atoms with Crippen LogP contribution in [0.1, 0.15) is 31.4 Å². The van der Waals surface area contributed by atoms with Crippen LogP contribution in [0.3, 0.4) is 0 Å². The van der Waals surface area contributed by atoms with Gasteiger partial charge in [-0.2, -0.15) is 0 Å². The van der Waals surface area contributed by atoms with E-state index in [1.165, 1.54) is 0 Å². The Balaban J connectivity index is 2.07. The largest absolute Gasteiger partial charge is 0.349 e. The fourth-order valence-electron chi connectivity index (χ4n) is 2.26. The second-order valence-electron chi connectivity index (χ2n) is 5.78.